The average molecular weight is 255 g/mol. The zero-order valence-electron chi connectivity index (χ0n) is 11.6. The summed E-state index contributed by atoms with van der Waals surface area (Å²) >= 11 is 0. The molecule has 1 aromatic heterocycles. The molecule has 1 aliphatic carbocycles. The maximum absolute atomic E-state index is 4.59. The number of hydrogen-bond donors (Lipinski definition) is 1. The molecule has 0 amide bonds. The molecule has 19 heavy (non-hydrogen) atoms. The van der Waals surface area contributed by atoms with E-state index in [0.29, 0.717) is 6.04 Å². The molecule has 3 heteroatoms. The number of aryl methyl sites for hydroxylation is 1. The zero-order chi connectivity index (χ0) is 13.3. The number of nitrogens with zero attached hydrogens (tertiary/aromatic N) is 2. The first-order valence-electron chi connectivity index (χ1n) is 7.05. The van der Waals surface area contributed by atoms with Gasteiger partial charge in [-0.15, -0.1) is 0 Å². The fraction of sp³-hybridized carbons (Fsp3) is 0.438. The quantitative estimate of drug-likeness (QED) is 0.890. The van der Waals surface area contributed by atoms with Crippen LogP contribution in [0.15, 0.2) is 42.7 Å². The second kappa shape index (κ2) is 4.82. The van der Waals surface area contributed by atoms with Crippen molar-refractivity contribution in [3.05, 3.63) is 54.1 Å². The van der Waals surface area contributed by atoms with E-state index in [9.17, 15) is 0 Å². The molecule has 1 unspecified atom stereocenters. The molecule has 3 rings (SSSR count). The van der Waals surface area contributed by atoms with Gasteiger partial charge in [0.15, 0.2) is 0 Å². The van der Waals surface area contributed by atoms with Crippen LogP contribution in [-0.2, 0) is 12.0 Å². The van der Waals surface area contributed by atoms with Crippen molar-refractivity contribution < 1.29 is 0 Å². The molecule has 2 aromatic rings. The summed E-state index contributed by atoms with van der Waals surface area (Å²) in [5.41, 5.74) is 1.66. The largest absolute Gasteiger partial charge is 0.334 e. The van der Waals surface area contributed by atoms with Gasteiger partial charge in [-0.2, -0.15) is 0 Å². The van der Waals surface area contributed by atoms with Gasteiger partial charge in [0, 0.05) is 24.4 Å². The molecule has 1 fully saturated rings. The van der Waals surface area contributed by atoms with E-state index in [1.165, 1.54) is 18.4 Å². The van der Waals surface area contributed by atoms with E-state index in [2.05, 4.69) is 58.3 Å². The third kappa shape index (κ3) is 1.98. The van der Waals surface area contributed by atoms with Gasteiger partial charge in [-0.25, -0.2) is 4.98 Å². The SMILES string of the molecule is CCn1ccnc1C(NC)C1(c2ccccc2)CC1. The summed E-state index contributed by atoms with van der Waals surface area (Å²) in [6.07, 6.45) is 6.45. The van der Waals surface area contributed by atoms with Gasteiger partial charge in [0.2, 0.25) is 0 Å². The second-order valence-electron chi connectivity index (χ2n) is 5.32. The molecule has 0 aliphatic heterocycles. The Morgan fingerprint density at radius 3 is 2.63 bits per heavy atom. The third-order valence-electron chi connectivity index (χ3n) is 4.33. The Balaban J connectivity index is 1.99. The molecule has 1 atom stereocenters. The van der Waals surface area contributed by atoms with Crippen LogP contribution in [0.3, 0.4) is 0 Å². The van der Waals surface area contributed by atoms with E-state index in [0.717, 1.165) is 12.4 Å². The van der Waals surface area contributed by atoms with E-state index < -0.39 is 0 Å². The van der Waals surface area contributed by atoms with E-state index in [4.69, 9.17) is 0 Å². The summed E-state index contributed by atoms with van der Waals surface area (Å²) in [4.78, 5) is 4.59. The molecule has 100 valence electrons. The summed E-state index contributed by atoms with van der Waals surface area (Å²) in [5, 5.41) is 3.50. The van der Waals surface area contributed by atoms with Crippen molar-refractivity contribution in [2.24, 2.45) is 0 Å². The molecule has 3 nitrogen and oxygen atoms in total. The molecular weight excluding hydrogens is 234 g/mol. The fourth-order valence-electron chi connectivity index (χ4n) is 3.15. The second-order valence-corrected chi connectivity index (χ2v) is 5.32. The van der Waals surface area contributed by atoms with Crippen molar-refractivity contribution in [3.63, 3.8) is 0 Å². The van der Waals surface area contributed by atoms with Crippen molar-refractivity contribution in [3.8, 4) is 0 Å². The van der Waals surface area contributed by atoms with Gasteiger partial charge in [-0.1, -0.05) is 30.3 Å². The monoisotopic (exact) mass is 255 g/mol. The normalized spacial score (nSPS) is 18.2. The predicted molar refractivity (Wildman–Crippen MR) is 77.1 cm³/mol. The fourth-order valence-corrected chi connectivity index (χ4v) is 3.15. The minimum atomic E-state index is 0.230. The smallest absolute Gasteiger partial charge is 0.126 e. The zero-order valence-corrected chi connectivity index (χ0v) is 11.6. The summed E-state index contributed by atoms with van der Waals surface area (Å²) in [6.45, 7) is 3.14. The lowest BCUT2D eigenvalue weighted by molar-refractivity contribution is 0.424. The van der Waals surface area contributed by atoms with Crippen LogP contribution in [0, 0.1) is 0 Å². The maximum Gasteiger partial charge on any atom is 0.126 e. The number of likely N-dealkylation sites (N-methyl/N-ethyl adjacent to an activating group) is 1. The van der Waals surface area contributed by atoms with Crippen molar-refractivity contribution in [1.82, 2.24) is 14.9 Å². The Morgan fingerprint density at radius 2 is 2.05 bits per heavy atom. The minimum absolute atomic E-state index is 0.230. The molecule has 1 aromatic carbocycles. The van der Waals surface area contributed by atoms with E-state index in [1.54, 1.807) is 0 Å². The van der Waals surface area contributed by atoms with Crippen LogP contribution in [0.4, 0.5) is 0 Å². The summed E-state index contributed by atoms with van der Waals surface area (Å²) in [5.74, 6) is 1.16. The highest BCUT2D eigenvalue weighted by atomic mass is 15.1. The van der Waals surface area contributed by atoms with E-state index in [1.807, 2.05) is 13.2 Å². The van der Waals surface area contributed by atoms with Crippen LogP contribution < -0.4 is 5.32 Å². The molecule has 0 radical (unpaired) electrons. The van der Waals surface area contributed by atoms with Gasteiger partial charge >= 0.3 is 0 Å². The topological polar surface area (TPSA) is 29.9 Å². The Kier molecular flexibility index (Phi) is 3.15. The van der Waals surface area contributed by atoms with Crippen molar-refractivity contribution in [2.45, 2.75) is 37.8 Å². The van der Waals surface area contributed by atoms with Gasteiger partial charge in [0.25, 0.3) is 0 Å². The maximum atomic E-state index is 4.59. The van der Waals surface area contributed by atoms with Gasteiger partial charge in [0.1, 0.15) is 5.82 Å². The van der Waals surface area contributed by atoms with Crippen LogP contribution in [0.2, 0.25) is 0 Å². The Morgan fingerprint density at radius 1 is 1.32 bits per heavy atom. The van der Waals surface area contributed by atoms with Crippen LogP contribution in [0.5, 0.6) is 0 Å². The van der Waals surface area contributed by atoms with Gasteiger partial charge in [0.05, 0.1) is 6.04 Å². The van der Waals surface area contributed by atoms with E-state index in [-0.39, 0.29) is 5.41 Å². The molecule has 0 saturated heterocycles. The Hall–Kier alpha value is -1.61. The van der Waals surface area contributed by atoms with Gasteiger partial charge in [-0.05, 0) is 32.4 Å². The first-order chi connectivity index (χ1) is 9.31. The minimum Gasteiger partial charge on any atom is -0.334 e. The Bertz CT molecular complexity index is 540. The third-order valence-corrected chi connectivity index (χ3v) is 4.33. The molecule has 1 saturated carbocycles. The molecule has 1 heterocycles. The lowest BCUT2D eigenvalue weighted by Crippen LogP contribution is -2.32. The summed E-state index contributed by atoms with van der Waals surface area (Å²) in [7, 11) is 2.04. The van der Waals surface area contributed by atoms with Crippen molar-refractivity contribution >= 4 is 0 Å². The first-order valence-corrected chi connectivity index (χ1v) is 7.05. The van der Waals surface area contributed by atoms with E-state index >= 15 is 0 Å². The van der Waals surface area contributed by atoms with Gasteiger partial charge < -0.3 is 9.88 Å². The number of aromatic nitrogens is 2. The number of hydrogen-bond acceptors (Lipinski definition) is 2. The van der Waals surface area contributed by atoms with Crippen LogP contribution in [-0.4, -0.2) is 16.6 Å². The Labute approximate surface area is 114 Å². The molecule has 1 N–H and O–H groups in total. The van der Waals surface area contributed by atoms with Crippen molar-refractivity contribution in [2.75, 3.05) is 7.05 Å². The number of imidazole rings is 1. The van der Waals surface area contributed by atoms with Crippen LogP contribution >= 0.6 is 0 Å². The highest BCUT2D eigenvalue weighted by Crippen LogP contribution is 2.56. The number of nitrogens with one attached hydrogen (secondary N) is 1. The standard InChI is InChI=1S/C16H21N3/c1-3-19-12-11-18-15(19)14(17-2)16(9-10-16)13-7-5-4-6-8-13/h4-8,11-12,14,17H,3,9-10H2,1-2H3. The highest BCUT2D eigenvalue weighted by Gasteiger charge is 2.52. The van der Waals surface area contributed by atoms with Gasteiger partial charge in [-0.3, -0.25) is 0 Å². The summed E-state index contributed by atoms with van der Waals surface area (Å²) in [6, 6.07) is 11.1. The van der Waals surface area contributed by atoms with Crippen LogP contribution in [0.25, 0.3) is 0 Å². The highest BCUT2D eigenvalue weighted by molar-refractivity contribution is 5.35. The van der Waals surface area contributed by atoms with Crippen molar-refractivity contribution in [1.29, 1.82) is 0 Å². The number of benzene rings is 1. The lowest BCUT2D eigenvalue weighted by atomic mass is 9.87. The molecule has 0 spiro atoms. The van der Waals surface area contributed by atoms with Crippen LogP contribution in [0.1, 0.15) is 37.2 Å². The first kappa shape index (κ1) is 12.4. The summed E-state index contributed by atoms with van der Waals surface area (Å²) < 4.78 is 2.24. The molecule has 1 aliphatic rings. The number of rotatable bonds is 5. The predicted octanol–water partition coefficient (Wildman–Crippen LogP) is 2.90. The molecule has 0 bridgehead atoms. The lowest BCUT2D eigenvalue weighted by Gasteiger charge is -2.27. The molecular formula is C16H21N3. The average Bonchev–Trinajstić information content (AvgIpc) is 3.13.